The van der Waals surface area contributed by atoms with E-state index in [1.807, 2.05) is 59.4 Å². The maximum absolute atomic E-state index is 12.4. The van der Waals surface area contributed by atoms with E-state index in [-0.39, 0.29) is 11.4 Å². The van der Waals surface area contributed by atoms with Crippen LogP contribution in [0.2, 0.25) is 0 Å². The molecule has 1 aliphatic heterocycles. The average Bonchev–Trinajstić information content (AvgIpc) is 3.45. The fourth-order valence-corrected chi connectivity index (χ4v) is 4.71. The Kier molecular flexibility index (Phi) is 7.64. The zero-order chi connectivity index (χ0) is 26.5. The fraction of sp³-hybridized carbons (Fsp3) is 0.414. The zero-order valence-corrected chi connectivity index (χ0v) is 22.4. The summed E-state index contributed by atoms with van der Waals surface area (Å²) < 4.78 is 8.07. The summed E-state index contributed by atoms with van der Waals surface area (Å²) in [6.45, 7) is 8.06. The lowest BCUT2D eigenvalue weighted by molar-refractivity contribution is 0.262. The van der Waals surface area contributed by atoms with E-state index in [4.69, 9.17) is 4.74 Å². The number of fused-ring (bicyclic) bond motifs is 1. The molecule has 1 fully saturated rings. The molecule has 9 nitrogen and oxygen atoms in total. The van der Waals surface area contributed by atoms with Gasteiger partial charge in [0.2, 0.25) is 0 Å². The van der Waals surface area contributed by atoms with E-state index < -0.39 is 0 Å². The van der Waals surface area contributed by atoms with E-state index in [0.29, 0.717) is 24.2 Å². The number of ether oxygens (including phenoxy) is 1. The van der Waals surface area contributed by atoms with Crippen LogP contribution in [0.1, 0.15) is 58.6 Å². The smallest absolute Gasteiger partial charge is 0.324 e. The van der Waals surface area contributed by atoms with E-state index in [1.165, 1.54) is 25.7 Å². The Morgan fingerprint density at radius 3 is 2.71 bits per heavy atom. The van der Waals surface area contributed by atoms with Crippen molar-refractivity contribution in [3.05, 3.63) is 60.6 Å². The zero-order valence-electron chi connectivity index (χ0n) is 22.4. The van der Waals surface area contributed by atoms with Crippen LogP contribution in [0.5, 0.6) is 5.75 Å². The number of rotatable bonds is 7. The molecule has 9 heteroatoms. The van der Waals surface area contributed by atoms with Crippen LogP contribution in [0.3, 0.4) is 0 Å². The summed E-state index contributed by atoms with van der Waals surface area (Å²) >= 11 is 0. The van der Waals surface area contributed by atoms with Crippen molar-refractivity contribution in [2.75, 3.05) is 23.8 Å². The first kappa shape index (κ1) is 25.8. The molecule has 0 aliphatic carbocycles. The van der Waals surface area contributed by atoms with Crippen molar-refractivity contribution < 1.29 is 9.53 Å². The molecule has 0 saturated carbocycles. The van der Waals surface area contributed by atoms with Crippen molar-refractivity contribution in [3.8, 4) is 11.4 Å². The molecule has 0 spiro atoms. The number of aromatic nitrogens is 4. The number of carbonyl (C=O) groups excluding carboxylic acids is 1. The third kappa shape index (κ3) is 6.34. The van der Waals surface area contributed by atoms with Gasteiger partial charge in [0.15, 0.2) is 5.82 Å². The van der Waals surface area contributed by atoms with Crippen LogP contribution in [-0.2, 0) is 5.41 Å². The van der Waals surface area contributed by atoms with Crippen molar-refractivity contribution >= 4 is 28.6 Å². The number of nitrogens with zero attached hydrogens (tertiary/aromatic N) is 3. The molecule has 2 aromatic carbocycles. The Morgan fingerprint density at radius 1 is 1.08 bits per heavy atom. The first-order valence-corrected chi connectivity index (χ1v) is 13.4. The standard InChI is InChI=1S/C29H37N7O2/c1-29(2,3)26-18-27(35-34-26)33-28(37)32-21-8-10-22(11-9-21)36-19-31-24-17-23(12-13-25(24)36)38-16-14-20-7-5-4-6-15-30-20/h8-13,17-20,30H,4-7,14-16H2,1-3H3,(H3,32,33,34,35,37). The molecule has 4 N–H and O–H groups in total. The predicted molar refractivity (Wildman–Crippen MR) is 151 cm³/mol. The highest BCUT2D eigenvalue weighted by Crippen LogP contribution is 2.25. The van der Waals surface area contributed by atoms with E-state index in [9.17, 15) is 4.79 Å². The second-order valence-corrected chi connectivity index (χ2v) is 10.9. The highest BCUT2D eigenvalue weighted by Gasteiger charge is 2.17. The van der Waals surface area contributed by atoms with Gasteiger partial charge in [-0.05, 0) is 62.2 Å². The fourth-order valence-electron chi connectivity index (χ4n) is 4.71. The maximum atomic E-state index is 12.4. The van der Waals surface area contributed by atoms with Gasteiger partial charge in [-0.3, -0.25) is 15.0 Å². The summed E-state index contributed by atoms with van der Waals surface area (Å²) in [4.78, 5) is 17.0. The molecule has 1 atom stereocenters. The predicted octanol–water partition coefficient (Wildman–Crippen LogP) is 5.99. The minimum Gasteiger partial charge on any atom is -0.493 e. The maximum Gasteiger partial charge on any atom is 0.324 e. The number of imidazole rings is 1. The van der Waals surface area contributed by atoms with E-state index in [2.05, 4.69) is 51.9 Å². The Morgan fingerprint density at radius 2 is 1.92 bits per heavy atom. The van der Waals surface area contributed by atoms with Crippen LogP contribution in [0.4, 0.5) is 16.3 Å². The normalized spacial score (nSPS) is 16.2. The van der Waals surface area contributed by atoms with Crippen molar-refractivity contribution in [2.24, 2.45) is 0 Å². The van der Waals surface area contributed by atoms with Crippen LogP contribution in [-0.4, -0.2) is 45.0 Å². The van der Waals surface area contributed by atoms with Gasteiger partial charge in [-0.2, -0.15) is 5.10 Å². The molecule has 1 aliphatic rings. The third-order valence-corrected chi connectivity index (χ3v) is 6.95. The summed E-state index contributed by atoms with van der Waals surface area (Å²) in [5, 5.41) is 16.4. The Bertz CT molecular complexity index is 1360. The number of H-pyrrole nitrogens is 1. The average molecular weight is 516 g/mol. The molecule has 2 aromatic heterocycles. The lowest BCUT2D eigenvalue weighted by Crippen LogP contribution is -2.29. The second-order valence-electron chi connectivity index (χ2n) is 10.9. The highest BCUT2D eigenvalue weighted by atomic mass is 16.5. The van der Waals surface area contributed by atoms with Gasteiger partial charge in [-0.25, -0.2) is 9.78 Å². The lowest BCUT2D eigenvalue weighted by Gasteiger charge is -2.16. The van der Waals surface area contributed by atoms with Crippen LogP contribution in [0.25, 0.3) is 16.7 Å². The number of urea groups is 1. The lowest BCUT2D eigenvalue weighted by atomic mass is 9.92. The SMILES string of the molecule is CC(C)(C)c1cc(NC(=O)Nc2ccc(-n3cnc4cc(OCCC5CCCCCN5)ccc43)cc2)n[nH]1. The number of amides is 2. The molecule has 38 heavy (non-hydrogen) atoms. The van der Waals surface area contributed by atoms with Gasteiger partial charge in [0.1, 0.15) is 12.1 Å². The van der Waals surface area contributed by atoms with Crippen molar-refractivity contribution in [3.63, 3.8) is 0 Å². The summed E-state index contributed by atoms with van der Waals surface area (Å²) in [5.74, 6) is 1.33. The van der Waals surface area contributed by atoms with Gasteiger partial charge in [0, 0.05) is 40.7 Å². The minimum absolute atomic E-state index is 0.0723. The Hall–Kier alpha value is -3.85. The minimum atomic E-state index is -0.347. The largest absolute Gasteiger partial charge is 0.493 e. The number of aromatic amines is 1. The highest BCUT2D eigenvalue weighted by molar-refractivity contribution is 5.99. The van der Waals surface area contributed by atoms with Gasteiger partial charge in [-0.1, -0.05) is 33.6 Å². The quantitative estimate of drug-likeness (QED) is 0.242. The van der Waals surface area contributed by atoms with Crippen LogP contribution in [0, 0.1) is 0 Å². The molecular formula is C29H37N7O2. The van der Waals surface area contributed by atoms with E-state index >= 15 is 0 Å². The van der Waals surface area contributed by atoms with Gasteiger partial charge in [0.25, 0.3) is 0 Å². The van der Waals surface area contributed by atoms with Crippen LogP contribution < -0.4 is 20.7 Å². The van der Waals surface area contributed by atoms with Gasteiger partial charge in [-0.15, -0.1) is 0 Å². The number of benzene rings is 2. The van der Waals surface area contributed by atoms with Gasteiger partial charge in [0.05, 0.1) is 17.6 Å². The third-order valence-electron chi connectivity index (χ3n) is 6.95. The topological polar surface area (TPSA) is 109 Å². The summed E-state index contributed by atoms with van der Waals surface area (Å²) in [7, 11) is 0. The van der Waals surface area contributed by atoms with Crippen molar-refractivity contribution in [2.45, 2.75) is 64.3 Å². The van der Waals surface area contributed by atoms with Crippen LogP contribution in [0.15, 0.2) is 54.9 Å². The van der Waals surface area contributed by atoms with E-state index in [1.54, 1.807) is 0 Å². The summed E-state index contributed by atoms with van der Waals surface area (Å²) in [6, 6.07) is 15.7. The number of nitrogens with one attached hydrogen (secondary N) is 4. The molecule has 5 rings (SSSR count). The molecular weight excluding hydrogens is 478 g/mol. The van der Waals surface area contributed by atoms with E-state index in [0.717, 1.165) is 41.1 Å². The molecule has 0 bridgehead atoms. The first-order valence-electron chi connectivity index (χ1n) is 13.4. The number of carbonyl (C=O) groups is 1. The number of hydrogen-bond donors (Lipinski definition) is 4. The summed E-state index contributed by atoms with van der Waals surface area (Å²) in [5.41, 5.74) is 4.39. The van der Waals surface area contributed by atoms with Crippen LogP contribution >= 0.6 is 0 Å². The second kappa shape index (κ2) is 11.3. The Balaban J connectivity index is 1.17. The Labute approximate surface area is 223 Å². The molecule has 4 aromatic rings. The van der Waals surface area contributed by atoms with Gasteiger partial charge >= 0.3 is 6.03 Å². The molecule has 2 amide bonds. The monoisotopic (exact) mass is 515 g/mol. The molecule has 3 heterocycles. The summed E-state index contributed by atoms with van der Waals surface area (Å²) in [6.07, 6.45) is 7.95. The van der Waals surface area contributed by atoms with Crippen molar-refractivity contribution in [1.29, 1.82) is 0 Å². The molecule has 1 saturated heterocycles. The molecule has 0 radical (unpaired) electrons. The first-order chi connectivity index (χ1) is 18.3. The number of anilines is 2. The van der Waals surface area contributed by atoms with Gasteiger partial charge < -0.3 is 15.4 Å². The number of hydrogen-bond acceptors (Lipinski definition) is 5. The molecule has 200 valence electrons. The molecule has 1 unspecified atom stereocenters. The van der Waals surface area contributed by atoms with Crippen molar-refractivity contribution in [1.82, 2.24) is 25.1 Å².